The number of piperazine rings is 1. The number of nitrogens with one attached hydrogen (secondary N) is 1. The van der Waals surface area contributed by atoms with E-state index in [1.54, 1.807) is 0 Å². The smallest absolute Gasteiger partial charge is 0.227 e. The molecule has 2 fully saturated rings. The third kappa shape index (κ3) is 6.32. The van der Waals surface area contributed by atoms with Crippen LogP contribution in [0.25, 0.3) is 0 Å². The maximum Gasteiger partial charge on any atom is 0.227 e. The van der Waals surface area contributed by atoms with Crippen LogP contribution in [0, 0.1) is 11.8 Å². The van der Waals surface area contributed by atoms with E-state index in [0.29, 0.717) is 0 Å². The molecule has 1 saturated carbocycles. The Bertz CT molecular complexity index is 570. The van der Waals surface area contributed by atoms with Crippen molar-refractivity contribution in [2.45, 2.75) is 58.4 Å². The Morgan fingerprint density at radius 2 is 1.70 bits per heavy atom. The zero-order chi connectivity index (χ0) is 19.1. The number of rotatable bonds is 7. The number of hydrogen-bond acceptors (Lipinski definition) is 3. The summed E-state index contributed by atoms with van der Waals surface area (Å²) in [4.78, 5) is 17.5. The predicted molar refractivity (Wildman–Crippen MR) is 113 cm³/mol. The van der Waals surface area contributed by atoms with Crippen LogP contribution in [0.1, 0.15) is 57.4 Å². The third-order valence-electron chi connectivity index (χ3n) is 6.41. The van der Waals surface area contributed by atoms with E-state index in [2.05, 4.69) is 53.4 Å². The molecule has 0 atom stereocenters. The van der Waals surface area contributed by atoms with Crippen molar-refractivity contribution >= 4 is 11.6 Å². The summed E-state index contributed by atoms with van der Waals surface area (Å²) in [5.74, 6) is 1.27. The average molecular weight is 372 g/mol. The highest BCUT2D eigenvalue weighted by atomic mass is 16.1. The quantitative estimate of drug-likeness (QED) is 0.773. The number of nitrogens with zero attached hydrogens (tertiary/aromatic N) is 2. The monoisotopic (exact) mass is 371 g/mol. The molecule has 1 aromatic carbocycles. The van der Waals surface area contributed by atoms with Gasteiger partial charge in [-0.2, -0.15) is 0 Å². The van der Waals surface area contributed by atoms with Gasteiger partial charge in [-0.1, -0.05) is 38.3 Å². The summed E-state index contributed by atoms with van der Waals surface area (Å²) >= 11 is 0. The lowest BCUT2D eigenvalue weighted by Gasteiger charge is -2.32. The van der Waals surface area contributed by atoms with Crippen LogP contribution in [0.15, 0.2) is 24.3 Å². The second-order valence-corrected chi connectivity index (χ2v) is 8.63. The number of amides is 1. The zero-order valence-electron chi connectivity index (χ0n) is 17.3. The van der Waals surface area contributed by atoms with E-state index in [-0.39, 0.29) is 11.8 Å². The molecular weight excluding hydrogens is 334 g/mol. The Balaban J connectivity index is 1.42. The Morgan fingerprint density at radius 1 is 1.04 bits per heavy atom. The van der Waals surface area contributed by atoms with Gasteiger partial charge >= 0.3 is 0 Å². The third-order valence-corrected chi connectivity index (χ3v) is 6.41. The molecule has 4 heteroatoms. The average Bonchev–Trinajstić information content (AvgIpc) is 2.70. The van der Waals surface area contributed by atoms with Gasteiger partial charge in [-0.05, 0) is 56.3 Å². The van der Waals surface area contributed by atoms with Crippen LogP contribution in [0.2, 0.25) is 0 Å². The molecule has 1 aromatic rings. The fourth-order valence-corrected chi connectivity index (χ4v) is 4.41. The van der Waals surface area contributed by atoms with Gasteiger partial charge in [0.1, 0.15) is 0 Å². The summed E-state index contributed by atoms with van der Waals surface area (Å²) in [5.41, 5.74) is 2.27. The minimum Gasteiger partial charge on any atom is -0.326 e. The minimum atomic E-state index is 0.202. The van der Waals surface area contributed by atoms with Crippen LogP contribution in [-0.4, -0.2) is 48.9 Å². The number of anilines is 1. The van der Waals surface area contributed by atoms with E-state index in [9.17, 15) is 4.79 Å². The summed E-state index contributed by atoms with van der Waals surface area (Å²) in [6.45, 7) is 7.83. The summed E-state index contributed by atoms with van der Waals surface area (Å²) in [6, 6.07) is 8.46. The molecule has 0 aromatic heterocycles. The minimum absolute atomic E-state index is 0.202. The van der Waals surface area contributed by atoms with Crippen molar-refractivity contribution in [2.75, 3.05) is 38.5 Å². The van der Waals surface area contributed by atoms with Crippen molar-refractivity contribution in [3.05, 3.63) is 29.8 Å². The first-order chi connectivity index (χ1) is 13.1. The summed E-state index contributed by atoms with van der Waals surface area (Å²) in [6.07, 6.45) is 8.53. The van der Waals surface area contributed by atoms with E-state index in [4.69, 9.17) is 0 Å². The molecular formula is C23H37N3O. The molecule has 1 aliphatic heterocycles. The van der Waals surface area contributed by atoms with Crippen molar-refractivity contribution in [3.8, 4) is 0 Å². The van der Waals surface area contributed by atoms with Crippen LogP contribution in [0.5, 0.6) is 0 Å². The van der Waals surface area contributed by atoms with Gasteiger partial charge in [0.15, 0.2) is 0 Å². The van der Waals surface area contributed by atoms with Crippen molar-refractivity contribution in [1.29, 1.82) is 0 Å². The van der Waals surface area contributed by atoms with E-state index >= 15 is 0 Å². The van der Waals surface area contributed by atoms with Gasteiger partial charge in [-0.25, -0.2) is 0 Å². The van der Waals surface area contributed by atoms with Crippen LogP contribution in [0.3, 0.4) is 0 Å². The molecule has 0 radical (unpaired) electrons. The van der Waals surface area contributed by atoms with Crippen LogP contribution >= 0.6 is 0 Å². The highest BCUT2D eigenvalue weighted by Gasteiger charge is 2.26. The molecule has 150 valence electrons. The topological polar surface area (TPSA) is 35.6 Å². The number of benzene rings is 1. The first-order valence-electron chi connectivity index (χ1n) is 10.9. The SMILES string of the molecule is CCCCC1CCC(C(=O)Nc2ccc(CN3CCN(C)CC3)cc2)CC1. The van der Waals surface area contributed by atoms with Gasteiger partial charge < -0.3 is 10.2 Å². The normalized spacial score (nSPS) is 24.7. The highest BCUT2D eigenvalue weighted by molar-refractivity contribution is 5.92. The molecule has 0 bridgehead atoms. The maximum absolute atomic E-state index is 12.6. The Morgan fingerprint density at radius 3 is 2.33 bits per heavy atom. The molecule has 3 rings (SSSR count). The van der Waals surface area contributed by atoms with Gasteiger partial charge in [0.25, 0.3) is 0 Å². The molecule has 2 aliphatic rings. The second kappa shape index (κ2) is 10.2. The molecule has 1 N–H and O–H groups in total. The lowest BCUT2D eigenvalue weighted by molar-refractivity contribution is -0.121. The Hall–Kier alpha value is -1.39. The van der Waals surface area contributed by atoms with Gasteiger partial charge in [-0.3, -0.25) is 9.69 Å². The summed E-state index contributed by atoms with van der Waals surface area (Å²) in [5, 5.41) is 3.15. The standard InChI is InChI=1S/C23H37N3O/c1-3-4-5-19-6-10-21(11-7-19)23(27)24-22-12-8-20(9-13-22)18-26-16-14-25(2)15-17-26/h8-9,12-13,19,21H,3-7,10-11,14-18H2,1-2H3,(H,24,27). The first-order valence-corrected chi connectivity index (χ1v) is 10.9. The second-order valence-electron chi connectivity index (χ2n) is 8.63. The molecule has 1 heterocycles. The van der Waals surface area contributed by atoms with Crippen LogP contribution in [-0.2, 0) is 11.3 Å². The molecule has 27 heavy (non-hydrogen) atoms. The van der Waals surface area contributed by atoms with Gasteiger partial charge in [0, 0.05) is 44.3 Å². The van der Waals surface area contributed by atoms with Crippen molar-refractivity contribution in [3.63, 3.8) is 0 Å². The van der Waals surface area contributed by atoms with Crippen molar-refractivity contribution in [1.82, 2.24) is 9.80 Å². The molecule has 0 spiro atoms. The van der Waals surface area contributed by atoms with E-state index < -0.39 is 0 Å². The highest BCUT2D eigenvalue weighted by Crippen LogP contribution is 2.32. The lowest BCUT2D eigenvalue weighted by Crippen LogP contribution is -2.43. The van der Waals surface area contributed by atoms with E-state index in [1.165, 1.54) is 37.7 Å². The van der Waals surface area contributed by atoms with Crippen LogP contribution in [0.4, 0.5) is 5.69 Å². The Kier molecular flexibility index (Phi) is 7.71. The summed E-state index contributed by atoms with van der Waals surface area (Å²) in [7, 11) is 2.19. The fraction of sp³-hybridized carbons (Fsp3) is 0.696. The van der Waals surface area contributed by atoms with Crippen molar-refractivity contribution in [2.24, 2.45) is 11.8 Å². The molecule has 4 nitrogen and oxygen atoms in total. The number of likely N-dealkylation sites (N-methyl/N-ethyl adjacent to an activating group) is 1. The predicted octanol–water partition coefficient (Wildman–Crippen LogP) is 4.37. The number of unbranched alkanes of at least 4 members (excludes halogenated alkanes) is 1. The zero-order valence-corrected chi connectivity index (χ0v) is 17.3. The van der Waals surface area contributed by atoms with Crippen LogP contribution < -0.4 is 5.32 Å². The largest absolute Gasteiger partial charge is 0.326 e. The molecule has 1 aliphatic carbocycles. The van der Waals surface area contributed by atoms with Gasteiger partial charge in [0.2, 0.25) is 5.91 Å². The van der Waals surface area contributed by atoms with E-state index in [0.717, 1.165) is 57.2 Å². The lowest BCUT2D eigenvalue weighted by atomic mass is 9.79. The summed E-state index contributed by atoms with van der Waals surface area (Å²) < 4.78 is 0. The van der Waals surface area contributed by atoms with Crippen molar-refractivity contribution < 1.29 is 4.79 Å². The molecule has 0 unspecified atom stereocenters. The molecule has 1 amide bonds. The first kappa shape index (κ1) is 20.3. The van der Waals surface area contributed by atoms with Gasteiger partial charge in [0.05, 0.1) is 0 Å². The van der Waals surface area contributed by atoms with E-state index in [1.807, 2.05) is 0 Å². The fourth-order valence-electron chi connectivity index (χ4n) is 4.41. The number of carbonyl (C=O) groups is 1. The maximum atomic E-state index is 12.6. The Labute approximate surface area is 165 Å². The van der Waals surface area contributed by atoms with Gasteiger partial charge in [-0.15, -0.1) is 0 Å². The number of carbonyl (C=O) groups excluding carboxylic acids is 1. The molecule has 1 saturated heterocycles. The number of hydrogen-bond donors (Lipinski definition) is 1.